The second-order valence-electron chi connectivity index (χ2n) is 19.2. The maximum Gasteiger partial charge on any atom is 0.311 e. The van der Waals surface area contributed by atoms with Crippen LogP contribution in [0, 0.1) is 39.7 Å². The number of nitrogens with one attached hydrogen (secondary N) is 1. The van der Waals surface area contributed by atoms with Gasteiger partial charge < -0.3 is 65.2 Å². The molecule has 20 heteroatoms. The van der Waals surface area contributed by atoms with Crippen molar-refractivity contribution in [3.63, 3.8) is 0 Å². The summed E-state index contributed by atoms with van der Waals surface area (Å²) in [5, 5.41) is 61.8. The van der Waals surface area contributed by atoms with E-state index in [4.69, 9.17) is 39.6 Å². The number of cyclic esters (lactones) is 1. The van der Waals surface area contributed by atoms with E-state index in [1.165, 1.54) is 25.3 Å². The molecule has 4 heterocycles. The summed E-state index contributed by atoms with van der Waals surface area (Å²) in [5.74, 6) is 8.23. The SMILES string of the molecule is CC.CC1C[C@](C)(O)C[C@H](O[C@@H]2C(C)C(=O)OC[C@@](C)(O)[C@H](O)[C@@H](C)N(C)C[C@H](C)C[C@H](C)C[C@H]2C)O1.CNCC/C(N)=C/C(C)COc1ccc([N+](=O)[O-])cn1.CO.C[C@@H]1CCCC(O)O1.NN. The number of nitrogens with two attached hydrogens (primary N) is 3. The van der Waals surface area contributed by atoms with Crippen LogP contribution < -0.4 is 27.5 Å². The first-order valence-electron chi connectivity index (χ1n) is 24.6. The molecule has 0 aliphatic carbocycles. The number of esters is 1. The Morgan fingerprint density at radius 1 is 1.01 bits per heavy atom. The number of rotatable bonds is 10. The van der Waals surface area contributed by atoms with Crippen LogP contribution in [0.15, 0.2) is 30.1 Å². The Morgan fingerprint density at radius 2 is 1.64 bits per heavy atom. The molecule has 69 heavy (non-hydrogen) atoms. The fourth-order valence-electron chi connectivity index (χ4n) is 8.56. The molecular weight excluding hydrogens is 895 g/mol. The summed E-state index contributed by atoms with van der Waals surface area (Å²) in [6.45, 7) is 25.1. The predicted molar refractivity (Wildman–Crippen MR) is 269 cm³/mol. The van der Waals surface area contributed by atoms with Gasteiger partial charge in [0.25, 0.3) is 5.69 Å². The lowest BCUT2D eigenvalue weighted by Crippen LogP contribution is -2.55. The lowest BCUT2D eigenvalue weighted by Gasteiger charge is -2.41. The van der Waals surface area contributed by atoms with Gasteiger partial charge in [-0.2, -0.15) is 0 Å². The van der Waals surface area contributed by atoms with Crippen molar-refractivity contribution in [1.29, 1.82) is 0 Å². The first kappa shape index (κ1) is 68.0. The quantitative estimate of drug-likeness (QED) is 0.0660. The Hall–Kier alpha value is -3.12. The predicted octanol–water partition coefficient (Wildman–Crippen LogP) is 4.77. The highest BCUT2D eigenvalue weighted by Gasteiger charge is 2.42. The number of hydrogen-bond donors (Lipinski definition) is 9. The number of hydrogen-bond acceptors (Lipinski definition) is 19. The molecule has 0 bridgehead atoms. The zero-order chi connectivity index (χ0) is 53.7. The van der Waals surface area contributed by atoms with E-state index in [1.54, 1.807) is 13.8 Å². The molecule has 1 aromatic heterocycles. The van der Waals surface area contributed by atoms with Crippen LogP contribution >= 0.6 is 0 Å². The van der Waals surface area contributed by atoms with Crippen molar-refractivity contribution >= 4 is 11.7 Å². The van der Waals surface area contributed by atoms with Gasteiger partial charge in [-0.1, -0.05) is 47.6 Å². The van der Waals surface area contributed by atoms with E-state index < -0.39 is 52.8 Å². The third kappa shape index (κ3) is 27.9. The Balaban J connectivity index is 0. The minimum Gasteiger partial charge on any atom is -0.477 e. The van der Waals surface area contributed by atoms with Gasteiger partial charge in [-0.15, -0.1) is 0 Å². The summed E-state index contributed by atoms with van der Waals surface area (Å²) < 4.78 is 28.4. The van der Waals surface area contributed by atoms with Crippen LogP contribution in [0.4, 0.5) is 5.69 Å². The number of carbonyl (C=O) groups excluding carboxylic acids is 1. The first-order valence-corrected chi connectivity index (χ1v) is 24.6. The number of nitro groups is 1. The molecule has 0 amide bonds. The average Bonchev–Trinajstić information content (AvgIpc) is 3.29. The molecule has 0 aromatic carbocycles. The van der Waals surface area contributed by atoms with Crippen LogP contribution in [-0.2, 0) is 23.7 Å². The van der Waals surface area contributed by atoms with Gasteiger partial charge >= 0.3 is 5.97 Å². The van der Waals surface area contributed by atoms with Crippen LogP contribution in [0.25, 0.3) is 0 Å². The summed E-state index contributed by atoms with van der Waals surface area (Å²) >= 11 is 0. The standard InChI is InChI=1S/C27H51NO7.C13H20N4O3.C6H12O2.C2H6.CH4O.H4N2/c1-16-10-17(2)14-28(9)21(6)24(29)27(8,32)15-33-25(30)20(5)23(18(3)11-16)35-22-13-26(7,31)12-19(4)34-22;1-10(7-11(14)5-6-15-2)9-20-13-4-3-12(8-16-13)17(18)19;1-5-3-2-4-6(7)8-5;3*1-2/h16-24,29,31-32H,10-15H2,1-9H3;3-4,7-8,10,15H,5-6,9,14H2,1-2H3;5-7H,2-4H2,1H3;1-2H3;2H,1H3;1-2H2/b;11-7-;;;;/t16-,17+,18+,19?,20?,21+,22-,23-,24+,26-,27+;;5-,6?;;;/m0.1.../s1. The van der Waals surface area contributed by atoms with Gasteiger partial charge in [0.05, 0.1) is 41.4 Å². The zero-order valence-electron chi connectivity index (χ0n) is 44.8. The minimum atomic E-state index is -1.59. The molecule has 3 aliphatic rings. The summed E-state index contributed by atoms with van der Waals surface area (Å²) in [6, 6.07) is 2.54. The monoisotopic (exact) mass is 992 g/mol. The van der Waals surface area contributed by atoms with Gasteiger partial charge in [-0.25, -0.2) is 4.98 Å². The van der Waals surface area contributed by atoms with Crippen LogP contribution in [0.5, 0.6) is 5.88 Å². The fourth-order valence-corrected chi connectivity index (χ4v) is 8.56. The number of carbonyl (C=O) groups is 1. The third-order valence-corrected chi connectivity index (χ3v) is 12.0. The highest BCUT2D eigenvalue weighted by Crippen LogP contribution is 2.34. The first-order chi connectivity index (χ1) is 32.3. The second kappa shape index (κ2) is 35.9. The molecule has 4 rings (SSSR count). The van der Waals surface area contributed by atoms with Crippen LogP contribution in [0.1, 0.15) is 134 Å². The lowest BCUT2D eigenvalue weighted by molar-refractivity contribution is -0.385. The summed E-state index contributed by atoms with van der Waals surface area (Å²) in [5.41, 5.74) is 4.13. The van der Waals surface area contributed by atoms with E-state index in [-0.39, 0.29) is 42.4 Å². The minimum absolute atomic E-state index is 0.0402. The van der Waals surface area contributed by atoms with Crippen molar-refractivity contribution < 1.29 is 58.9 Å². The molecule has 3 aliphatic heterocycles. The van der Waals surface area contributed by atoms with Gasteiger partial charge in [-0.3, -0.25) is 26.6 Å². The number of aliphatic hydroxyl groups is 5. The molecule has 0 radical (unpaired) electrons. The number of nitrogens with zero attached hydrogens (tertiary/aromatic N) is 3. The van der Waals surface area contributed by atoms with Crippen molar-refractivity contribution in [3.05, 3.63) is 40.2 Å². The van der Waals surface area contributed by atoms with E-state index in [2.05, 4.69) is 47.7 Å². The van der Waals surface area contributed by atoms with Crippen molar-refractivity contribution in [2.75, 3.05) is 47.5 Å². The lowest BCUT2D eigenvalue weighted by atomic mass is 9.83. The van der Waals surface area contributed by atoms with Gasteiger partial charge in [0, 0.05) is 62.8 Å². The molecular formula is C49H97N7O13. The summed E-state index contributed by atoms with van der Waals surface area (Å²) in [6.07, 6.45) is 7.08. The second-order valence-corrected chi connectivity index (χ2v) is 19.2. The topological polar surface area (TPSA) is 314 Å². The van der Waals surface area contributed by atoms with Crippen molar-refractivity contribution in [3.8, 4) is 5.88 Å². The van der Waals surface area contributed by atoms with Crippen LogP contribution in [-0.4, -0.2) is 148 Å². The number of aromatic nitrogens is 1. The van der Waals surface area contributed by atoms with Crippen molar-refractivity contribution in [2.45, 2.75) is 189 Å². The van der Waals surface area contributed by atoms with Gasteiger partial charge in [0.15, 0.2) is 12.6 Å². The van der Waals surface area contributed by atoms with E-state index in [0.29, 0.717) is 37.2 Å². The van der Waals surface area contributed by atoms with E-state index >= 15 is 0 Å². The molecule has 1 aromatic rings. The number of hydrazine groups is 1. The summed E-state index contributed by atoms with van der Waals surface area (Å²) in [7, 11) is 4.82. The van der Waals surface area contributed by atoms with Gasteiger partial charge in [0.2, 0.25) is 5.88 Å². The van der Waals surface area contributed by atoms with Crippen LogP contribution in [0.2, 0.25) is 0 Å². The fraction of sp³-hybridized carbons (Fsp3) is 0.837. The average molecular weight is 992 g/mol. The maximum atomic E-state index is 13.1. The number of likely N-dealkylation sites (N-methyl/N-ethyl adjacent to an activating group) is 1. The maximum absolute atomic E-state index is 13.1. The zero-order valence-corrected chi connectivity index (χ0v) is 44.8. The van der Waals surface area contributed by atoms with Crippen molar-refractivity contribution in [1.82, 2.24) is 15.2 Å². The number of pyridine rings is 1. The van der Waals surface area contributed by atoms with Gasteiger partial charge in [-0.05, 0) is 112 Å². The molecule has 12 N–H and O–H groups in total. The Labute approximate surface area is 414 Å². The normalized spacial score (nSPS) is 33.0. The van der Waals surface area contributed by atoms with E-state index in [0.717, 1.165) is 64.4 Å². The Kier molecular flexibility index (Phi) is 35.4. The Morgan fingerprint density at radius 3 is 2.14 bits per heavy atom. The van der Waals surface area contributed by atoms with Crippen molar-refractivity contribution in [2.24, 2.45) is 47.0 Å². The molecule has 20 nitrogen and oxygen atoms in total. The van der Waals surface area contributed by atoms with E-state index in [1.807, 2.05) is 61.7 Å². The largest absolute Gasteiger partial charge is 0.477 e. The van der Waals surface area contributed by atoms with Crippen LogP contribution in [0.3, 0.4) is 0 Å². The summed E-state index contributed by atoms with van der Waals surface area (Å²) in [4.78, 5) is 29.0. The molecule has 3 fully saturated rings. The highest BCUT2D eigenvalue weighted by atomic mass is 16.7. The number of ether oxygens (including phenoxy) is 5. The third-order valence-electron chi connectivity index (χ3n) is 12.0. The molecule has 14 atom stereocenters. The molecule has 0 spiro atoms. The van der Waals surface area contributed by atoms with Gasteiger partial charge in [0.1, 0.15) is 24.5 Å². The molecule has 406 valence electrons. The number of aliphatic hydroxyl groups excluding tert-OH is 3. The molecule has 4 unspecified atom stereocenters. The molecule has 3 saturated heterocycles. The Bertz CT molecular complexity index is 1520. The highest BCUT2D eigenvalue weighted by molar-refractivity contribution is 5.72. The van der Waals surface area contributed by atoms with E-state index in [9.17, 15) is 30.2 Å². The molecule has 0 saturated carbocycles. The smallest absolute Gasteiger partial charge is 0.311 e.